The minimum atomic E-state index is 0.108. The van der Waals surface area contributed by atoms with Crippen LogP contribution in [0.25, 0.3) is 0 Å². The van der Waals surface area contributed by atoms with Crippen molar-refractivity contribution in [2.45, 2.75) is 44.4 Å². The summed E-state index contributed by atoms with van der Waals surface area (Å²) in [5.74, 6) is 2.20. The third-order valence-electron chi connectivity index (χ3n) is 5.79. The van der Waals surface area contributed by atoms with Crippen LogP contribution in [0.3, 0.4) is 0 Å². The molecule has 1 aromatic carbocycles. The zero-order valence-electron chi connectivity index (χ0n) is 14.9. The Bertz CT molecular complexity index is 617. The van der Waals surface area contributed by atoms with Gasteiger partial charge in [0, 0.05) is 30.6 Å². The van der Waals surface area contributed by atoms with Crippen LogP contribution < -0.4 is 10.1 Å². The van der Waals surface area contributed by atoms with E-state index >= 15 is 0 Å². The molecule has 2 heterocycles. The lowest BCUT2D eigenvalue weighted by atomic mass is 9.83. The van der Waals surface area contributed by atoms with E-state index in [2.05, 4.69) is 22.3 Å². The van der Waals surface area contributed by atoms with Crippen LogP contribution in [0.5, 0.6) is 5.75 Å². The van der Waals surface area contributed by atoms with Crippen molar-refractivity contribution >= 4 is 5.91 Å². The summed E-state index contributed by atoms with van der Waals surface area (Å²) < 4.78 is 11.5. The minimum absolute atomic E-state index is 0.108. The second-order valence-electron chi connectivity index (χ2n) is 7.68. The number of ether oxygens (including phenoxy) is 2. The van der Waals surface area contributed by atoms with E-state index in [0.29, 0.717) is 24.3 Å². The predicted molar refractivity (Wildman–Crippen MR) is 95.4 cm³/mol. The molecule has 1 aliphatic carbocycles. The van der Waals surface area contributed by atoms with Gasteiger partial charge in [0.2, 0.25) is 5.91 Å². The fourth-order valence-electron chi connectivity index (χ4n) is 4.29. The van der Waals surface area contributed by atoms with E-state index < -0.39 is 0 Å². The van der Waals surface area contributed by atoms with E-state index in [4.69, 9.17) is 9.47 Å². The largest absolute Gasteiger partial charge is 0.496 e. The minimum Gasteiger partial charge on any atom is -0.496 e. The molecule has 0 radical (unpaired) electrons. The van der Waals surface area contributed by atoms with Crippen LogP contribution in [0, 0.1) is 11.8 Å². The number of nitrogens with zero attached hydrogens (tertiary/aromatic N) is 1. The van der Waals surface area contributed by atoms with Gasteiger partial charge in [-0.3, -0.25) is 9.69 Å². The lowest BCUT2D eigenvalue weighted by Gasteiger charge is -2.35. The van der Waals surface area contributed by atoms with E-state index in [1.54, 1.807) is 7.11 Å². The van der Waals surface area contributed by atoms with Crippen LogP contribution in [0.2, 0.25) is 0 Å². The van der Waals surface area contributed by atoms with Crippen LogP contribution in [0.15, 0.2) is 24.3 Å². The Morgan fingerprint density at radius 2 is 2.16 bits per heavy atom. The van der Waals surface area contributed by atoms with Crippen LogP contribution in [0.4, 0.5) is 0 Å². The van der Waals surface area contributed by atoms with E-state index in [9.17, 15) is 4.79 Å². The number of carbonyl (C=O) groups excluding carboxylic acids is 1. The lowest BCUT2D eigenvalue weighted by molar-refractivity contribution is -0.123. The van der Waals surface area contributed by atoms with Gasteiger partial charge in [0.1, 0.15) is 5.75 Å². The normalized spacial score (nSPS) is 29.2. The first-order valence-electron chi connectivity index (χ1n) is 9.48. The second kappa shape index (κ2) is 7.34. The molecule has 2 aliphatic heterocycles. The Balaban J connectivity index is 1.31. The number of amides is 1. The molecule has 3 atom stereocenters. The molecule has 0 unspecified atom stereocenters. The highest BCUT2D eigenvalue weighted by atomic mass is 16.5. The summed E-state index contributed by atoms with van der Waals surface area (Å²) in [4.78, 5) is 14.6. The number of likely N-dealkylation sites (tertiary alicyclic amines) is 1. The first-order valence-corrected chi connectivity index (χ1v) is 9.48. The summed E-state index contributed by atoms with van der Waals surface area (Å²) in [5.41, 5.74) is 1.24. The van der Waals surface area contributed by atoms with E-state index in [1.165, 1.54) is 5.56 Å². The summed E-state index contributed by atoms with van der Waals surface area (Å²) in [6.45, 7) is 3.81. The zero-order chi connectivity index (χ0) is 17.2. The molecule has 0 aromatic heterocycles. The Morgan fingerprint density at radius 1 is 1.32 bits per heavy atom. The molecule has 4 rings (SSSR count). The van der Waals surface area contributed by atoms with Gasteiger partial charge in [-0.2, -0.15) is 0 Å². The quantitative estimate of drug-likeness (QED) is 0.860. The molecule has 5 heteroatoms. The van der Waals surface area contributed by atoms with Crippen molar-refractivity contribution in [3.63, 3.8) is 0 Å². The highest BCUT2D eigenvalue weighted by Gasteiger charge is 2.41. The third kappa shape index (κ3) is 3.98. The van der Waals surface area contributed by atoms with Crippen molar-refractivity contribution < 1.29 is 14.3 Å². The molecule has 1 saturated carbocycles. The second-order valence-corrected chi connectivity index (χ2v) is 7.68. The van der Waals surface area contributed by atoms with Crippen LogP contribution in [0.1, 0.15) is 31.2 Å². The molecule has 5 nitrogen and oxygen atoms in total. The molecular formula is C20H28N2O3. The first-order chi connectivity index (χ1) is 12.2. The number of benzene rings is 1. The standard InChI is InChI=1S/C20H28N2O3/c1-24-18-5-3-2-4-14(18)11-22-9-8-17-15(12-22)13-25-19(17)10-20(23)21-16-6-7-16/h2-5,15-17,19H,6-13H2,1H3,(H,21,23)/t15-,17-,19+/m1/s1. The lowest BCUT2D eigenvalue weighted by Crippen LogP contribution is -2.42. The van der Waals surface area contributed by atoms with Gasteiger partial charge in [0.05, 0.1) is 26.2 Å². The van der Waals surface area contributed by atoms with Crippen molar-refractivity contribution in [3.05, 3.63) is 29.8 Å². The molecule has 25 heavy (non-hydrogen) atoms. The summed E-state index contributed by atoms with van der Waals surface area (Å²) in [7, 11) is 1.73. The highest BCUT2D eigenvalue weighted by Crippen LogP contribution is 2.36. The van der Waals surface area contributed by atoms with E-state index in [0.717, 1.165) is 51.3 Å². The number of carbonyl (C=O) groups is 1. The molecule has 136 valence electrons. The van der Waals surface area contributed by atoms with Crippen LogP contribution >= 0.6 is 0 Å². The van der Waals surface area contributed by atoms with Crippen molar-refractivity contribution in [2.24, 2.45) is 11.8 Å². The van der Waals surface area contributed by atoms with Crippen LogP contribution in [-0.4, -0.2) is 49.8 Å². The predicted octanol–water partition coefficient (Wildman–Crippen LogP) is 2.20. The van der Waals surface area contributed by atoms with Crippen LogP contribution in [-0.2, 0) is 16.1 Å². The van der Waals surface area contributed by atoms with Crippen molar-refractivity contribution in [1.29, 1.82) is 0 Å². The van der Waals surface area contributed by atoms with Gasteiger partial charge in [-0.15, -0.1) is 0 Å². The number of hydrogen-bond acceptors (Lipinski definition) is 4. The van der Waals surface area contributed by atoms with Gasteiger partial charge in [-0.1, -0.05) is 18.2 Å². The smallest absolute Gasteiger partial charge is 0.222 e. The molecule has 1 N–H and O–H groups in total. The summed E-state index contributed by atoms with van der Waals surface area (Å²) in [6.07, 6.45) is 4.03. The van der Waals surface area contributed by atoms with Crippen molar-refractivity contribution in [3.8, 4) is 5.75 Å². The zero-order valence-corrected chi connectivity index (χ0v) is 14.9. The monoisotopic (exact) mass is 344 g/mol. The topological polar surface area (TPSA) is 50.8 Å². The van der Waals surface area contributed by atoms with E-state index in [1.807, 2.05) is 12.1 Å². The fraction of sp³-hybridized carbons (Fsp3) is 0.650. The van der Waals surface area contributed by atoms with Gasteiger partial charge in [-0.25, -0.2) is 0 Å². The number of nitrogens with one attached hydrogen (secondary N) is 1. The summed E-state index contributed by atoms with van der Waals surface area (Å²) >= 11 is 0. The number of piperidine rings is 1. The highest BCUT2D eigenvalue weighted by molar-refractivity contribution is 5.77. The van der Waals surface area contributed by atoms with Gasteiger partial charge in [-0.05, 0) is 37.8 Å². The van der Waals surface area contributed by atoms with E-state index in [-0.39, 0.29) is 12.0 Å². The number of rotatable bonds is 6. The Labute approximate surface area is 149 Å². The van der Waals surface area contributed by atoms with Crippen molar-refractivity contribution in [2.75, 3.05) is 26.8 Å². The maximum Gasteiger partial charge on any atom is 0.222 e. The maximum atomic E-state index is 12.1. The average Bonchev–Trinajstić information content (AvgIpc) is 3.35. The SMILES string of the molecule is COc1ccccc1CN1CC[C@@H]2[C@@H](CO[C@H]2CC(=O)NC2CC2)C1. The maximum absolute atomic E-state index is 12.1. The molecule has 2 saturated heterocycles. The third-order valence-corrected chi connectivity index (χ3v) is 5.79. The Kier molecular flexibility index (Phi) is 4.95. The Morgan fingerprint density at radius 3 is 2.96 bits per heavy atom. The number of para-hydroxylation sites is 1. The number of methoxy groups -OCH3 is 1. The molecule has 1 aromatic rings. The molecule has 0 spiro atoms. The number of hydrogen-bond donors (Lipinski definition) is 1. The van der Waals surface area contributed by atoms with Gasteiger partial charge < -0.3 is 14.8 Å². The molecule has 3 fully saturated rings. The van der Waals surface area contributed by atoms with Gasteiger partial charge in [0.15, 0.2) is 0 Å². The average molecular weight is 344 g/mol. The van der Waals surface area contributed by atoms with Gasteiger partial charge >= 0.3 is 0 Å². The molecule has 0 bridgehead atoms. The Hall–Kier alpha value is -1.59. The van der Waals surface area contributed by atoms with Gasteiger partial charge in [0.25, 0.3) is 0 Å². The van der Waals surface area contributed by atoms with Crippen molar-refractivity contribution in [1.82, 2.24) is 10.2 Å². The summed E-state index contributed by atoms with van der Waals surface area (Å²) in [5, 5.41) is 3.09. The number of fused-ring (bicyclic) bond motifs is 1. The first kappa shape index (κ1) is 16.9. The molecule has 1 amide bonds. The fourth-order valence-corrected chi connectivity index (χ4v) is 4.29. The molecular weight excluding hydrogens is 316 g/mol. The summed E-state index contributed by atoms with van der Waals surface area (Å²) in [6, 6.07) is 8.68. The molecule has 3 aliphatic rings.